The van der Waals surface area contributed by atoms with Crippen LogP contribution >= 0.6 is 0 Å². The molecule has 0 bridgehead atoms. The van der Waals surface area contributed by atoms with Crippen LogP contribution in [0.4, 0.5) is 0 Å². The number of hydrogen-bond acceptors (Lipinski definition) is 6. The lowest BCUT2D eigenvalue weighted by atomic mass is 10.3. The van der Waals surface area contributed by atoms with Crippen LogP contribution < -0.4 is 0 Å². The van der Waals surface area contributed by atoms with E-state index in [0.29, 0.717) is 13.2 Å². The molecule has 0 saturated carbocycles. The molecule has 2 unspecified atom stereocenters. The topological polar surface area (TPSA) is 94.5 Å². The predicted octanol–water partition coefficient (Wildman–Crippen LogP) is 3.41. The summed E-state index contributed by atoms with van der Waals surface area (Å²) in [6, 6.07) is 0.805. The lowest BCUT2D eigenvalue weighted by Gasteiger charge is -2.41. The molecule has 0 aliphatic rings. The molecule has 0 aromatic carbocycles. The Kier molecular flexibility index (Phi) is 12.0. The number of carbonyl (C=O) groups is 1. The summed E-state index contributed by atoms with van der Waals surface area (Å²) in [6.07, 6.45) is 0.0778. The van der Waals surface area contributed by atoms with Gasteiger partial charge in [-0.15, -0.1) is 0 Å². The Labute approximate surface area is 194 Å². The maximum atomic E-state index is 10.9. The normalized spacial score (nSPS) is 16.8. The Balaban J connectivity index is 4.73. The van der Waals surface area contributed by atoms with E-state index in [1.165, 1.54) is 0 Å². The van der Waals surface area contributed by atoms with Crippen molar-refractivity contribution < 1.29 is 36.6 Å². The summed E-state index contributed by atoms with van der Waals surface area (Å²) in [5.74, 6) is -0.880. The number of aliphatic hydroxyl groups is 1. The third-order valence-electron chi connectivity index (χ3n) is 4.03. The van der Waals surface area contributed by atoms with Crippen molar-refractivity contribution in [2.75, 3.05) is 40.4 Å². The molecular weight excluding hydrogens is 467 g/mol. The van der Waals surface area contributed by atoms with Gasteiger partial charge in [-0.05, 0) is 71.4 Å². The minimum atomic E-state index is -2.44. The molecule has 2 N–H and O–H groups in total. The molecule has 0 aromatic rings. The number of hydrogen-bond donors (Lipinski definition) is 2. The van der Waals surface area contributed by atoms with E-state index >= 15 is 0 Å². The van der Waals surface area contributed by atoms with Gasteiger partial charge in [-0.3, -0.25) is 0 Å². The predicted molar refractivity (Wildman–Crippen MR) is 135 cm³/mol. The Morgan fingerprint density at radius 1 is 0.903 bits per heavy atom. The van der Waals surface area contributed by atoms with Gasteiger partial charge < -0.3 is 31.8 Å². The SMILES string of the molecule is C[N+](C)(CC(=O)O)CC(O)COCCC[Si](C)(O[Si](C)(C)C)O[Si](C)(C)O[Si](C)(C)C. The Bertz CT molecular complexity index is 564. The summed E-state index contributed by atoms with van der Waals surface area (Å²) >= 11 is 0. The van der Waals surface area contributed by atoms with E-state index in [9.17, 15) is 9.90 Å². The molecule has 0 saturated heterocycles. The first-order chi connectivity index (χ1) is 13.6. The van der Waals surface area contributed by atoms with Gasteiger partial charge in [0.25, 0.3) is 0 Å². The van der Waals surface area contributed by atoms with Crippen molar-refractivity contribution in [3.05, 3.63) is 0 Å². The van der Waals surface area contributed by atoms with Crippen molar-refractivity contribution in [1.29, 1.82) is 0 Å². The smallest absolute Gasteiger partial charge is 0.359 e. The molecule has 0 aliphatic heterocycles. The van der Waals surface area contributed by atoms with Gasteiger partial charge in [0, 0.05) is 6.61 Å². The largest absolute Gasteiger partial charge is 0.477 e. The molecule has 2 atom stereocenters. The third-order valence-corrected chi connectivity index (χ3v) is 17.6. The highest BCUT2D eigenvalue weighted by molar-refractivity contribution is 6.89. The molecule has 12 heteroatoms. The second kappa shape index (κ2) is 12.0. The molecular formula is C19H48NO7Si4+. The van der Waals surface area contributed by atoms with Gasteiger partial charge in [0.15, 0.2) is 23.2 Å². The first-order valence-electron chi connectivity index (χ1n) is 11.0. The molecule has 0 heterocycles. The maximum absolute atomic E-state index is 10.9. The highest BCUT2D eigenvalue weighted by Crippen LogP contribution is 2.27. The van der Waals surface area contributed by atoms with Crippen molar-refractivity contribution in [2.45, 2.75) is 77.5 Å². The van der Waals surface area contributed by atoms with Gasteiger partial charge in [-0.25, -0.2) is 4.79 Å². The minimum Gasteiger partial charge on any atom is -0.477 e. The molecule has 0 fully saturated rings. The fourth-order valence-corrected chi connectivity index (χ4v) is 21.7. The van der Waals surface area contributed by atoms with Gasteiger partial charge in [0.1, 0.15) is 12.6 Å². The first kappa shape index (κ1) is 31.1. The van der Waals surface area contributed by atoms with Crippen LogP contribution in [0.2, 0.25) is 65.0 Å². The number of rotatable bonds is 16. The average molecular weight is 515 g/mol. The number of ether oxygens (including phenoxy) is 1. The molecule has 0 aromatic heterocycles. The van der Waals surface area contributed by atoms with Crippen molar-refractivity contribution in [3.8, 4) is 0 Å². The van der Waals surface area contributed by atoms with Crippen LogP contribution in [0.15, 0.2) is 0 Å². The summed E-state index contributed by atoms with van der Waals surface area (Å²) in [6.45, 7) is 20.4. The fourth-order valence-electron chi connectivity index (χ4n) is 3.82. The molecule has 0 rings (SSSR count). The summed E-state index contributed by atoms with van der Waals surface area (Å²) < 4.78 is 25.5. The zero-order chi connectivity index (χ0) is 24.7. The number of carboxylic acids is 1. The van der Waals surface area contributed by atoms with Crippen molar-refractivity contribution in [2.24, 2.45) is 0 Å². The average Bonchev–Trinajstić information content (AvgIpc) is 2.38. The van der Waals surface area contributed by atoms with Crippen LogP contribution in [0, 0.1) is 0 Å². The van der Waals surface area contributed by atoms with Crippen LogP contribution in [0.1, 0.15) is 6.42 Å². The number of quaternary nitrogens is 1. The molecule has 0 spiro atoms. The van der Waals surface area contributed by atoms with Gasteiger partial charge in [-0.1, -0.05) is 0 Å². The van der Waals surface area contributed by atoms with Crippen molar-refractivity contribution in [3.63, 3.8) is 0 Å². The monoisotopic (exact) mass is 514 g/mol. The van der Waals surface area contributed by atoms with E-state index < -0.39 is 45.8 Å². The molecule has 0 amide bonds. The highest BCUT2D eigenvalue weighted by Gasteiger charge is 2.44. The van der Waals surface area contributed by atoms with Gasteiger partial charge >= 0.3 is 23.1 Å². The lowest BCUT2D eigenvalue weighted by Crippen LogP contribution is -2.56. The van der Waals surface area contributed by atoms with Crippen LogP contribution in [0.25, 0.3) is 0 Å². The van der Waals surface area contributed by atoms with Gasteiger partial charge in [0.2, 0.25) is 0 Å². The number of likely N-dealkylation sites (N-methyl/N-ethyl adjacent to an activating group) is 1. The number of aliphatic hydroxyl groups excluding tert-OH is 1. The molecule has 8 nitrogen and oxygen atoms in total. The van der Waals surface area contributed by atoms with E-state index in [4.69, 9.17) is 22.2 Å². The second-order valence-electron chi connectivity index (χ2n) is 11.6. The van der Waals surface area contributed by atoms with Crippen LogP contribution in [-0.4, -0.2) is 101 Å². The number of carboxylic acid groups (broad SMARTS) is 1. The highest BCUT2D eigenvalue weighted by atomic mass is 28.5. The van der Waals surface area contributed by atoms with E-state index in [1.54, 1.807) is 14.1 Å². The molecule has 0 radical (unpaired) electrons. The van der Waals surface area contributed by atoms with E-state index in [0.717, 1.165) is 12.5 Å². The van der Waals surface area contributed by atoms with E-state index in [-0.39, 0.29) is 17.6 Å². The van der Waals surface area contributed by atoms with E-state index in [2.05, 4.69) is 58.9 Å². The molecule has 186 valence electrons. The van der Waals surface area contributed by atoms with E-state index in [1.807, 2.05) is 0 Å². The second-order valence-corrected chi connectivity index (χ2v) is 28.0. The fraction of sp³-hybridized carbons (Fsp3) is 0.947. The summed E-state index contributed by atoms with van der Waals surface area (Å²) in [7, 11) is -4.69. The Morgan fingerprint density at radius 2 is 1.42 bits per heavy atom. The zero-order valence-corrected chi connectivity index (χ0v) is 25.7. The Hall–Kier alpha value is 0.0975. The number of nitrogens with zero attached hydrogens (tertiary/aromatic N) is 1. The first-order valence-corrected chi connectivity index (χ1v) is 23.2. The molecule has 31 heavy (non-hydrogen) atoms. The van der Waals surface area contributed by atoms with Crippen LogP contribution in [0.5, 0.6) is 0 Å². The summed E-state index contributed by atoms with van der Waals surface area (Å²) in [5.41, 5.74) is 0. The van der Waals surface area contributed by atoms with Crippen LogP contribution in [-0.2, 0) is 21.9 Å². The van der Waals surface area contributed by atoms with Gasteiger partial charge in [-0.2, -0.15) is 0 Å². The number of aliphatic carboxylic acids is 1. The van der Waals surface area contributed by atoms with Crippen LogP contribution in [0.3, 0.4) is 0 Å². The third kappa shape index (κ3) is 17.3. The zero-order valence-electron chi connectivity index (χ0n) is 21.7. The van der Waals surface area contributed by atoms with Crippen molar-refractivity contribution >= 4 is 39.7 Å². The van der Waals surface area contributed by atoms with Crippen molar-refractivity contribution in [1.82, 2.24) is 0 Å². The van der Waals surface area contributed by atoms with Gasteiger partial charge in [0.05, 0.1) is 20.7 Å². The summed E-state index contributed by atoms with van der Waals surface area (Å²) in [4.78, 5) is 10.9. The maximum Gasteiger partial charge on any atom is 0.359 e. The Morgan fingerprint density at radius 3 is 1.87 bits per heavy atom. The standard InChI is InChI=1S/C19H47NO7Si4/c1-20(2,16-19(22)23)15-18(21)17-24-13-12-14-31(11,26-29(6,7)8)27-30(9,10)25-28(3,4)5/h18,21H,12-17H2,1-11H3/p+1. The lowest BCUT2D eigenvalue weighted by molar-refractivity contribution is -0.886. The minimum absolute atomic E-state index is 0.0362. The molecule has 0 aliphatic carbocycles. The summed E-state index contributed by atoms with van der Waals surface area (Å²) in [5, 5.41) is 19.2. The quantitative estimate of drug-likeness (QED) is 0.185.